The van der Waals surface area contributed by atoms with Crippen molar-refractivity contribution >= 4 is 11.9 Å². The van der Waals surface area contributed by atoms with Crippen LogP contribution in [-0.4, -0.2) is 170 Å². The summed E-state index contributed by atoms with van der Waals surface area (Å²) in [6.45, 7) is 16.9. The highest BCUT2D eigenvalue weighted by atomic mass is 16.7. The zero-order valence-electron chi connectivity index (χ0n) is 40.5. The second-order valence-corrected chi connectivity index (χ2v) is 23.7. The fraction of sp³-hybridized carbons (Fsp3) is 0.918. The van der Waals surface area contributed by atoms with Gasteiger partial charge in [-0.15, -0.1) is 0 Å². The second-order valence-electron chi connectivity index (χ2n) is 23.7. The van der Waals surface area contributed by atoms with Gasteiger partial charge in [-0.05, 0) is 116 Å². The van der Waals surface area contributed by atoms with Crippen molar-refractivity contribution < 1.29 is 88.7 Å². The number of carbonyl (C=O) groups excluding carboxylic acids is 2. The summed E-state index contributed by atoms with van der Waals surface area (Å²) in [7, 11) is 1.13. The largest absolute Gasteiger partial charge is 0.467 e. The summed E-state index contributed by atoms with van der Waals surface area (Å²) in [4.78, 5) is 27.7. The lowest BCUT2D eigenvalue weighted by Gasteiger charge is -2.71. The van der Waals surface area contributed by atoms with Crippen molar-refractivity contribution in [1.29, 1.82) is 0 Å². The minimum absolute atomic E-state index is 0.0628. The first kappa shape index (κ1) is 51.5. The van der Waals surface area contributed by atoms with Crippen LogP contribution in [0.4, 0.5) is 0 Å². The number of aliphatic hydroxyl groups is 9. The summed E-state index contributed by atoms with van der Waals surface area (Å²) >= 11 is 0. The van der Waals surface area contributed by atoms with E-state index in [0.29, 0.717) is 19.3 Å². The molecule has 0 aromatic carbocycles. The van der Waals surface area contributed by atoms with Gasteiger partial charge in [-0.1, -0.05) is 60.1 Å². The zero-order valence-corrected chi connectivity index (χ0v) is 40.5. The van der Waals surface area contributed by atoms with Crippen LogP contribution in [0.2, 0.25) is 0 Å². The molecule has 23 atom stereocenters. The molecule has 8 rings (SSSR count). The summed E-state index contributed by atoms with van der Waals surface area (Å²) in [5, 5.41) is 96.1. The van der Waals surface area contributed by atoms with E-state index in [-0.39, 0.29) is 39.4 Å². The third-order valence-electron chi connectivity index (χ3n) is 19.4. The molecule has 7 fully saturated rings. The van der Waals surface area contributed by atoms with Crippen molar-refractivity contribution in [1.82, 2.24) is 0 Å². The van der Waals surface area contributed by atoms with Gasteiger partial charge in [0.2, 0.25) is 6.29 Å². The van der Waals surface area contributed by atoms with Gasteiger partial charge < -0.3 is 79.1 Å². The summed E-state index contributed by atoms with van der Waals surface area (Å²) in [5.41, 5.74) is -0.765. The molecule has 18 heteroatoms. The molecule has 0 radical (unpaired) electrons. The lowest BCUT2D eigenvalue weighted by Crippen LogP contribution is -2.67. The molecular weight excluding hydrogens is 877 g/mol. The Morgan fingerprint density at radius 3 is 2.00 bits per heavy atom. The number of hydrogen-bond acceptors (Lipinski definition) is 18. The molecule has 4 saturated carbocycles. The number of hydrogen-bond donors (Lipinski definition) is 9. The standard InChI is InChI=1S/C49H78O18/c1-22-29(51)31(53)33(55)40(62-22)65-37-35(57)38(39(59)61-9)66-42(36(37)58)64-28-13-14-46(6)26(45(28,4)5)12-15-48(8)27(46)11-10-23-24-20-44(2,3)16-18-49(24,19-17-47(23,48)7)43(60)67-41-34(56)32(54)30(52)25(21-50)63-41/h10,22,24-38,40-42,50-58H,11-21H2,1-9H3/t22-,24-,25+,26?,27+,28-,29-,30+,31+,32-,33+,34+,35-,36+,37-,38-,40-,41-,42+,46-,47+,48+,49-/m0/s1. The number of esters is 2. The minimum Gasteiger partial charge on any atom is -0.467 e. The van der Waals surface area contributed by atoms with Crippen LogP contribution in [0.15, 0.2) is 11.6 Å². The summed E-state index contributed by atoms with van der Waals surface area (Å²) < 4.78 is 40.8. The van der Waals surface area contributed by atoms with Crippen molar-refractivity contribution in [2.75, 3.05) is 13.7 Å². The third kappa shape index (κ3) is 8.07. The van der Waals surface area contributed by atoms with Crippen LogP contribution in [0, 0.1) is 50.2 Å². The van der Waals surface area contributed by atoms with E-state index in [4.69, 9.17) is 33.2 Å². The highest BCUT2D eigenvalue weighted by Gasteiger charge is 2.70. The van der Waals surface area contributed by atoms with Crippen molar-refractivity contribution in [2.24, 2.45) is 50.2 Å². The number of carbonyl (C=O) groups is 2. The number of methoxy groups -OCH3 is 1. The maximum absolute atomic E-state index is 14.7. The van der Waals surface area contributed by atoms with Crippen LogP contribution in [0.5, 0.6) is 0 Å². The Hall–Kier alpha value is -1.88. The van der Waals surface area contributed by atoms with Gasteiger partial charge in [0.25, 0.3) is 0 Å². The summed E-state index contributed by atoms with van der Waals surface area (Å²) in [5.74, 6) is -1.17. The van der Waals surface area contributed by atoms with Gasteiger partial charge in [-0.3, -0.25) is 4.79 Å². The van der Waals surface area contributed by atoms with E-state index in [9.17, 15) is 55.5 Å². The maximum Gasteiger partial charge on any atom is 0.337 e. The van der Waals surface area contributed by atoms with E-state index < -0.39 is 128 Å². The molecule has 3 saturated heterocycles. The Balaban J connectivity index is 1.03. The molecule has 18 nitrogen and oxygen atoms in total. The Bertz CT molecular complexity index is 1880. The molecule has 67 heavy (non-hydrogen) atoms. The van der Waals surface area contributed by atoms with Gasteiger partial charge in [0.05, 0.1) is 31.3 Å². The number of aliphatic hydroxyl groups excluding tert-OH is 9. The molecule has 5 aliphatic carbocycles. The van der Waals surface area contributed by atoms with Crippen LogP contribution >= 0.6 is 0 Å². The number of rotatable bonds is 8. The maximum atomic E-state index is 14.7. The Labute approximate surface area is 393 Å². The topological polar surface area (TPSA) is 281 Å². The normalized spacial score (nSPS) is 52.6. The molecule has 3 aliphatic heterocycles. The van der Waals surface area contributed by atoms with Gasteiger partial charge in [-0.2, -0.15) is 0 Å². The highest BCUT2D eigenvalue weighted by molar-refractivity contribution is 5.79. The fourth-order valence-corrected chi connectivity index (χ4v) is 15.1. The van der Waals surface area contributed by atoms with Crippen LogP contribution in [0.3, 0.4) is 0 Å². The van der Waals surface area contributed by atoms with E-state index in [1.807, 2.05) is 0 Å². The first-order chi connectivity index (χ1) is 31.2. The van der Waals surface area contributed by atoms with Crippen molar-refractivity contribution in [3.8, 4) is 0 Å². The average molecular weight is 955 g/mol. The molecule has 0 spiro atoms. The van der Waals surface area contributed by atoms with E-state index >= 15 is 0 Å². The predicted molar refractivity (Wildman–Crippen MR) is 234 cm³/mol. The molecule has 9 N–H and O–H groups in total. The van der Waals surface area contributed by atoms with Crippen LogP contribution in [0.1, 0.15) is 120 Å². The molecule has 1 unspecified atom stereocenters. The first-order valence-electron chi connectivity index (χ1n) is 24.5. The van der Waals surface area contributed by atoms with Crippen LogP contribution in [0.25, 0.3) is 0 Å². The van der Waals surface area contributed by atoms with Crippen LogP contribution in [-0.2, 0) is 42.7 Å². The number of allylic oxidation sites excluding steroid dienone is 2. The SMILES string of the molecule is COC(=O)[C@H]1O[C@@H](O[C@H]2CC[C@@]3(C)C(CC[C@]4(C)[C@@H]3CC=C3[C@@H]5CC(C)(C)CC[C@]5(C(=O)O[C@@H]5O[C@H](CO)[C@@H](O)[C@H](O)[C@H]5O)CC[C@]34C)C2(C)C)[C@H](O)[C@@H](O[C@@H]2O[C@@H](C)[C@H](O)[C@@H](O)[C@H]2O)[C@@H]1O. The molecule has 0 bridgehead atoms. The fourth-order valence-electron chi connectivity index (χ4n) is 15.1. The predicted octanol–water partition coefficient (Wildman–Crippen LogP) is 1.35. The summed E-state index contributed by atoms with van der Waals surface area (Å²) in [6, 6.07) is 0. The average Bonchev–Trinajstić information content (AvgIpc) is 3.27. The van der Waals surface area contributed by atoms with Crippen LogP contribution < -0.4 is 0 Å². The Morgan fingerprint density at radius 1 is 0.687 bits per heavy atom. The minimum atomic E-state index is -1.78. The molecular formula is C49H78O18. The molecule has 3 heterocycles. The zero-order chi connectivity index (χ0) is 49.1. The number of ether oxygens (including phenoxy) is 7. The lowest BCUT2D eigenvalue weighted by atomic mass is 9.33. The van der Waals surface area contributed by atoms with E-state index in [1.54, 1.807) is 0 Å². The monoisotopic (exact) mass is 955 g/mol. The third-order valence-corrected chi connectivity index (χ3v) is 19.4. The van der Waals surface area contributed by atoms with E-state index in [0.717, 1.165) is 52.1 Å². The summed E-state index contributed by atoms with van der Waals surface area (Å²) in [6.07, 6.45) is -13.9. The Kier molecular flexibility index (Phi) is 13.8. The first-order valence-corrected chi connectivity index (χ1v) is 24.5. The van der Waals surface area contributed by atoms with Crippen molar-refractivity contribution in [3.05, 3.63) is 11.6 Å². The van der Waals surface area contributed by atoms with Gasteiger partial charge >= 0.3 is 11.9 Å². The molecule has 0 aromatic rings. The number of fused-ring (bicyclic) bond motifs is 7. The molecule has 0 aromatic heterocycles. The van der Waals surface area contributed by atoms with Gasteiger partial charge in [0.1, 0.15) is 61.0 Å². The Morgan fingerprint density at radius 2 is 1.33 bits per heavy atom. The van der Waals surface area contributed by atoms with Gasteiger partial charge in [-0.25, -0.2) is 4.79 Å². The quantitative estimate of drug-likeness (QED) is 0.0943. The van der Waals surface area contributed by atoms with Crippen molar-refractivity contribution in [2.45, 2.75) is 218 Å². The lowest BCUT2D eigenvalue weighted by molar-refractivity contribution is -0.363. The van der Waals surface area contributed by atoms with E-state index in [2.05, 4.69) is 54.5 Å². The van der Waals surface area contributed by atoms with E-state index in [1.165, 1.54) is 12.5 Å². The second kappa shape index (κ2) is 18.0. The van der Waals surface area contributed by atoms with Gasteiger partial charge in [0, 0.05) is 0 Å². The molecule has 0 amide bonds. The van der Waals surface area contributed by atoms with Crippen molar-refractivity contribution in [3.63, 3.8) is 0 Å². The highest BCUT2D eigenvalue weighted by Crippen LogP contribution is 2.76. The smallest absolute Gasteiger partial charge is 0.337 e. The molecule has 382 valence electrons. The molecule has 8 aliphatic rings. The van der Waals surface area contributed by atoms with Gasteiger partial charge in [0.15, 0.2) is 18.7 Å².